The molecule has 1 aliphatic rings. The molecule has 0 atom stereocenters. The van der Waals surface area contributed by atoms with E-state index < -0.39 is 5.97 Å². The van der Waals surface area contributed by atoms with Crippen LogP contribution in [0.1, 0.15) is 58.1 Å². The van der Waals surface area contributed by atoms with E-state index in [1.165, 1.54) is 48.3 Å². The van der Waals surface area contributed by atoms with Crippen LogP contribution in [0.5, 0.6) is 0 Å². The molecular weight excluding hydrogens is 208 g/mol. The van der Waals surface area contributed by atoms with E-state index in [0.29, 0.717) is 10.8 Å². The fourth-order valence-corrected chi connectivity index (χ4v) is 3.49. The molecule has 0 aromatic carbocycles. The molecule has 0 saturated heterocycles. The summed E-state index contributed by atoms with van der Waals surface area (Å²) < 4.78 is 0. The molecule has 0 spiro atoms. The molecule has 3 heteroatoms. The first kappa shape index (κ1) is 10.7. The summed E-state index contributed by atoms with van der Waals surface area (Å²) in [4.78, 5) is 12.7. The number of aromatic carboxylic acids is 1. The Kier molecular flexibility index (Phi) is 3.10. The van der Waals surface area contributed by atoms with Crippen LogP contribution in [0, 0.1) is 6.92 Å². The molecular formula is C12H16O2S. The Balaban J connectivity index is 2.21. The molecule has 0 bridgehead atoms. The van der Waals surface area contributed by atoms with E-state index in [-0.39, 0.29) is 0 Å². The SMILES string of the molecule is Cc1cc(C2CCCCC2)sc1C(=O)O. The lowest BCUT2D eigenvalue weighted by Gasteiger charge is -2.19. The van der Waals surface area contributed by atoms with Gasteiger partial charge in [0, 0.05) is 4.88 Å². The van der Waals surface area contributed by atoms with Gasteiger partial charge in [0.1, 0.15) is 4.88 Å². The van der Waals surface area contributed by atoms with Gasteiger partial charge in [-0.2, -0.15) is 0 Å². The van der Waals surface area contributed by atoms with Crippen LogP contribution < -0.4 is 0 Å². The van der Waals surface area contributed by atoms with Gasteiger partial charge in [0.15, 0.2) is 0 Å². The Morgan fingerprint density at radius 2 is 2.07 bits per heavy atom. The molecule has 1 aliphatic carbocycles. The summed E-state index contributed by atoms with van der Waals surface area (Å²) in [5.74, 6) is -0.157. The van der Waals surface area contributed by atoms with Crippen LogP contribution in [0.15, 0.2) is 6.07 Å². The number of aryl methyl sites for hydroxylation is 1. The first-order valence-corrected chi connectivity index (χ1v) is 6.33. The number of carboxylic acids is 1. The molecule has 1 aromatic rings. The Morgan fingerprint density at radius 3 is 2.60 bits per heavy atom. The monoisotopic (exact) mass is 224 g/mol. The van der Waals surface area contributed by atoms with Crippen LogP contribution in [0.4, 0.5) is 0 Å². The molecule has 82 valence electrons. The highest BCUT2D eigenvalue weighted by Crippen LogP contribution is 2.37. The largest absolute Gasteiger partial charge is 0.477 e. The lowest BCUT2D eigenvalue weighted by atomic mass is 9.88. The molecule has 0 aliphatic heterocycles. The minimum atomic E-state index is -0.778. The zero-order chi connectivity index (χ0) is 10.8. The molecule has 15 heavy (non-hydrogen) atoms. The molecule has 1 saturated carbocycles. The molecule has 1 fully saturated rings. The second-order valence-electron chi connectivity index (χ2n) is 4.30. The summed E-state index contributed by atoms with van der Waals surface area (Å²) in [5.41, 5.74) is 0.924. The van der Waals surface area contributed by atoms with E-state index in [1.54, 1.807) is 0 Å². The molecule has 0 unspecified atom stereocenters. The number of carboxylic acid groups (broad SMARTS) is 1. The number of hydrogen-bond acceptors (Lipinski definition) is 2. The average molecular weight is 224 g/mol. The smallest absolute Gasteiger partial charge is 0.346 e. The first-order valence-electron chi connectivity index (χ1n) is 5.52. The van der Waals surface area contributed by atoms with Crippen molar-refractivity contribution in [3.8, 4) is 0 Å². The third-order valence-corrected chi connectivity index (χ3v) is 4.53. The molecule has 2 rings (SSSR count). The van der Waals surface area contributed by atoms with Crippen molar-refractivity contribution in [2.24, 2.45) is 0 Å². The summed E-state index contributed by atoms with van der Waals surface area (Å²) in [7, 11) is 0. The first-order chi connectivity index (χ1) is 7.18. The van der Waals surface area contributed by atoms with Crippen molar-refractivity contribution >= 4 is 17.3 Å². The van der Waals surface area contributed by atoms with Crippen LogP contribution in [-0.2, 0) is 0 Å². The predicted molar refractivity (Wildman–Crippen MR) is 61.8 cm³/mol. The molecule has 0 radical (unpaired) electrons. The second kappa shape index (κ2) is 4.35. The number of rotatable bonds is 2. The summed E-state index contributed by atoms with van der Waals surface area (Å²) in [5, 5.41) is 8.99. The Labute approximate surface area is 93.9 Å². The van der Waals surface area contributed by atoms with Gasteiger partial charge >= 0.3 is 5.97 Å². The topological polar surface area (TPSA) is 37.3 Å². The third-order valence-electron chi connectivity index (χ3n) is 3.14. The van der Waals surface area contributed by atoms with E-state index in [0.717, 1.165) is 5.56 Å². The number of carbonyl (C=O) groups is 1. The van der Waals surface area contributed by atoms with Gasteiger partial charge in [-0.25, -0.2) is 4.79 Å². The van der Waals surface area contributed by atoms with Crippen molar-refractivity contribution in [3.05, 3.63) is 21.4 Å². The van der Waals surface area contributed by atoms with E-state index in [2.05, 4.69) is 6.07 Å². The van der Waals surface area contributed by atoms with E-state index >= 15 is 0 Å². The minimum Gasteiger partial charge on any atom is -0.477 e. The number of thiophene rings is 1. The normalized spacial score (nSPS) is 17.9. The van der Waals surface area contributed by atoms with Crippen molar-refractivity contribution in [2.45, 2.75) is 44.9 Å². The van der Waals surface area contributed by atoms with Gasteiger partial charge < -0.3 is 5.11 Å². The van der Waals surface area contributed by atoms with Gasteiger partial charge in [-0.15, -0.1) is 11.3 Å². The van der Waals surface area contributed by atoms with E-state index in [1.807, 2.05) is 6.92 Å². The van der Waals surface area contributed by atoms with Crippen LogP contribution in [-0.4, -0.2) is 11.1 Å². The summed E-state index contributed by atoms with van der Waals surface area (Å²) >= 11 is 1.47. The number of hydrogen-bond donors (Lipinski definition) is 1. The van der Waals surface area contributed by atoms with E-state index in [4.69, 9.17) is 5.11 Å². The summed E-state index contributed by atoms with van der Waals surface area (Å²) in [6, 6.07) is 2.07. The van der Waals surface area contributed by atoms with Crippen LogP contribution in [0.3, 0.4) is 0 Å². The molecule has 1 N–H and O–H groups in total. The molecule has 1 aromatic heterocycles. The van der Waals surface area contributed by atoms with Crippen molar-refractivity contribution < 1.29 is 9.90 Å². The lowest BCUT2D eigenvalue weighted by molar-refractivity contribution is 0.0701. The van der Waals surface area contributed by atoms with Crippen molar-refractivity contribution in [1.82, 2.24) is 0 Å². The van der Waals surface area contributed by atoms with Crippen molar-refractivity contribution in [3.63, 3.8) is 0 Å². The molecule has 1 heterocycles. The van der Waals surface area contributed by atoms with Gasteiger partial charge in [-0.3, -0.25) is 0 Å². The molecule has 2 nitrogen and oxygen atoms in total. The summed E-state index contributed by atoms with van der Waals surface area (Å²) in [6.45, 7) is 1.90. The van der Waals surface area contributed by atoms with Gasteiger partial charge in [-0.1, -0.05) is 19.3 Å². The summed E-state index contributed by atoms with van der Waals surface area (Å²) in [6.07, 6.45) is 6.40. The highest BCUT2D eigenvalue weighted by atomic mass is 32.1. The maximum Gasteiger partial charge on any atom is 0.346 e. The van der Waals surface area contributed by atoms with Crippen LogP contribution >= 0.6 is 11.3 Å². The van der Waals surface area contributed by atoms with Crippen LogP contribution in [0.25, 0.3) is 0 Å². The zero-order valence-electron chi connectivity index (χ0n) is 8.95. The van der Waals surface area contributed by atoms with Crippen LogP contribution in [0.2, 0.25) is 0 Å². The standard InChI is InChI=1S/C12H16O2S/c1-8-7-10(15-11(8)12(13)14)9-5-3-2-4-6-9/h7,9H,2-6H2,1H3,(H,13,14). The minimum absolute atomic E-state index is 0.524. The predicted octanol–water partition coefficient (Wildman–Crippen LogP) is 3.80. The average Bonchev–Trinajstić information content (AvgIpc) is 2.62. The highest BCUT2D eigenvalue weighted by molar-refractivity contribution is 7.14. The Bertz CT molecular complexity index is 362. The van der Waals surface area contributed by atoms with Crippen molar-refractivity contribution in [1.29, 1.82) is 0 Å². The Hall–Kier alpha value is -0.830. The highest BCUT2D eigenvalue weighted by Gasteiger charge is 2.20. The Morgan fingerprint density at radius 1 is 1.40 bits per heavy atom. The van der Waals surface area contributed by atoms with Gasteiger partial charge in [0.2, 0.25) is 0 Å². The second-order valence-corrected chi connectivity index (χ2v) is 5.38. The lowest BCUT2D eigenvalue weighted by Crippen LogP contribution is -2.02. The maximum atomic E-state index is 10.9. The quantitative estimate of drug-likeness (QED) is 0.829. The maximum absolute atomic E-state index is 10.9. The van der Waals surface area contributed by atoms with Crippen molar-refractivity contribution in [2.75, 3.05) is 0 Å². The van der Waals surface area contributed by atoms with E-state index in [9.17, 15) is 4.79 Å². The fourth-order valence-electron chi connectivity index (χ4n) is 2.31. The third kappa shape index (κ3) is 2.23. The van der Waals surface area contributed by atoms with Gasteiger partial charge in [0.05, 0.1) is 0 Å². The zero-order valence-corrected chi connectivity index (χ0v) is 9.77. The van der Waals surface area contributed by atoms with Gasteiger partial charge in [-0.05, 0) is 37.3 Å². The fraction of sp³-hybridized carbons (Fsp3) is 0.583. The van der Waals surface area contributed by atoms with Gasteiger partial charge in [0.25, 0.3) is 0 Å². The molecule has 0 amide bonds.